The number of methoxy groups -OCH3 is 1. The molecule has 1 aromatic heterocycles. The minimum Gasteiger partial charge on any atom is -0.503 e. The van der Waals surface area contributed by atoms with Crippen molar-refractivity contribution in [2.24, 2.45) is 5.84 Å². The standard InChI is InChI=1S/C14H17BrN4O2/c1-4-9-7(2)17-13(18-14(9)19-16)8-5-10(15)12(20)11(6-8)21-3/h5-6,20H,4,16H2,1-3H3,(H,17,18,19). The Balaban J connectivity index is 2.62. The van der Waals surface area contributed by atoms with Gasteiger partial charge in [-0.3, -0.25) is 0 Å². The van der Waals surface area contributed by atoms with Crippen LogP contribution >= 0.6 is 15.9 Å². The number of nitrogen functional groups attached to an aromatic ring is 1. The van der Waals surface area contributed by atoms with E-state index in [-0.39, 0.29) is 5.75 Å². The van der Waals surface area contributed by atoms with E-state index in [1.165, 1.54) is 7.11 Å². The molecule has 1 heterocycles. The van der Waals surface area contributed by atoms with Crippen molar-refractivity contribution < 1.29 is 9.84 Å². The highest BCUT2D eigenvalue weighted by molar-refractivity contribution is 9.10. The molecule has 0 unspecified atom stereocenters. The van der Waals surface area contributed by atoms with Crippen LogP contribution in [0, 0.1) is 6.92 Å². The Hall–Kier alpha value is -1.86. The molecule has 112 valence electrons. The monoisotopic (exact) mass is 352 g/mol. The highest BCUT2D eigenvalue weighted by Gasteiger charge is 2.15. The van der Waals surface area contributed by atoms with Crippen LogP contribution in [0.15, 0.2) is 16.6 Å². The number of nitrogens with two attached hydrogens (primary N) is 1. The molecule has 1 aromatic carbocycles. The summed E-state index contributed by atoms with van der Waals surface area (Å²) in [5, 5.41) is 9.86. The van der Waals surface area contributed by atoms with Crippen LogP contribution in [-0.2, 0) is 6.42 Å². The van der Waals surface area contributed by atoms with Crippen LogP contribution in [-0.4, -0.2) is 22.2 Å². The van der Waals surface area contributed by atoms with Gasteiger partial charge in [0.15, 0.2) is 17.3 Å². The zero-order chi connectivity index (χ0) is 15.6. The molecule has 0 atom stereocenters. The van der Waals surface area contributed by atoms with E-state index in [4.69, 9.17) is 10.6 Å². The van der Waals surface area contributed by atoms with Crippen LogP contribution in [0.4, 0.5) is 5.82 Å². The largest absolute Gasteiger partial charge is 0.503 e. The first-order valence-corrected chi connectivity index (χ1v) is 7.22. The highest BCUT2D eigenvalue weighted by Crippen LogP contribution is 2.38. The van der Waals surface area contributed by atoms with Crippen molar-refractivity contribution in [2.75, 3.05) is 12.5 Å². The first-order valence-electron chi connectivity index (χ1n) is 6.42. The van der Waals surface area contributed by atoms with Gasteiger partial charge in [0.2, 0.25) is 0 Å². The number of nitrogens with zero attached hydrogens (tertiary/aromatic N) is 2. The number of ether oxygens (including phenoxy) is 1. The number of aromatic nitrogens is 2. The lowest BCUT2D eigenvalue weighted by molar-refractivity contribution is 0.372. The van der Waals surface area contributed by atoms with Crippen molar-refractivity contribution in [1.29, 1.82) is 0 Å². The van der Waals surface area contributed by atoms with Crippen molar-refractivity contribution in [1.82, 2.24) is 9.97 Å². The first-order chi connectivity index (χ1) is 10.0. The Kier molecular flexibility index (Phi) is 4.64. The fourth-order valence-corrected chi connectivity index (χ4v) is 2.57. The van der Waals surface area contributed by atoms with E-state index in [1.807, 2.05) is 13.8 Å². The Bertz CT molecular complexity index is 677. The van der Waals surface area contributed by atoms with Crippen LogP contribution in [0.3, 0.4) is 0 Å². The fraction of sp³-hybridized carbons (Fsp3) is 0.286. The summed E-state index contributed by atoms with van der Waals surface area (Å²) in [6.45, 7) is 3.93. The summed E-state index contributed by atoms with van der Waals surface area (Å²) >= 11 is 3.29. The number of nitrogens with one attached hydrogen (secondary N) is 1. The maximum absolute atomic E-state index is 9.86. The Labute approximate surface area is 131 Å². The minimum atomic E-state index is 0.0420. The van der Waals surface area contributed by atoms with Gasteiger partial charge < -0.3 is 15.3 Å². The van der Waals surface area contributed by atoms with E-state index in [0.717, 1.165) is 23.2 Å². The number of aromatic hydroxyl groups is 1. The van der Waals surface area contributed by atoms with Crippen molar-refractivity contribution in [3.63, 3.8) is 0 Å². The number of hydrazine groups is 1. The van der Waals surface area contributed by atoms with E-state index in [1.54, 1.807) is 12.1 Å². The van der Waals surface area contributed by atoms with Crippen molar-refractivity contribution in [3.8, 4) is 22.9 Å². The molecule has 4 N–H and O–H groups in total. The van der Waals surface area contributed by atoms with E-state index in [9.17, 15) is 5.11 Å². The zero-order valence-corrected chi connectivity index (χ0v) is 13.7. The first kappa shape index (κ1) is 15.5. The summed E-state index contributed by atoms with van der Waals surface area (Å²) < 4.78 is 5.66. The minimum absolute atomic E-state index is 0.0420. The van der Waals surface area contributed by atoms with Gasteiger partial charge >= 0.3 is 0 Å². The van der Waals surface area contributed by atoms with Crippen LogP contribution in [0.2, 0.25) is 0 Å². The second kappa shape index (κ2) is 6.28. The summed E-state index contributed by atoms with van der Waals surface area (Å²) in [6.07, 6.45) is 0.786. The van der Waals surface area contributed by atoms with E-state index < -0.39 is 0 Å². The van der Waals surface area contributed by atoms with Gasteiger partial charge in [-0.2, -0.15) is 0 Å². The second-order valence-corrected chi connectivity index (χ2v) is 5.32. The molecule has 6 nitrogen and oxygen atoms in total. The molecular weight excluding hydrogens is 336 g/mol. The number of benzene rings is 1. The Morgan fingerprint density at radius 1 is 1.38 bits per heavy atom. The van der Waals surface area contributed by atoms with Crippen LogP contribution in [0.25, 0.3) is 11.4 Å². The van der Waals surface area contributed by atoms with Gasteiger partial charge in [-0.05, 0) is 41.4 Å². The third-order valence-electron chi connectivity index (χ3n) is 3.21. The van der Waals surface area contributed by atoms with E-state index in [0.29, 0.717) is 21.9 Å². The van der Waals surface area contributed by atoms with Gasteiger partial charge in [0.05, 0.1) is 11.6 Å². The molecule has 0 saturated heterocycles. The predicted molar refractivity (Wildman–Crippen MR) is 85.3 cm³/mol. The molecule has 2 aromatic rings. The van der Waals surface area contributed by atoms with Crippen LogP contribution < -0.4 is 16.0 Å². The third kappa shape index (κ3) is 2.93. The normalized spacial score (nSPS) is 10.5. The maximum atomic E-state index is 9.86. The number of hydrogen-bond acceptors (Lipinski definition) is 6. The molecule has 0 spiro atoms. The Morgan fingerprint density at radius 3 is 2.67 bits per heavy atom. The topological polar surface area (TPSA) is 93.3 Å². The molecule has 0 fully saturated rings. The molecule has 0 saturated carbocycles. The third-order valence-corrected chi connectivity index (χ3v) is 3.82. The van der Waals surface area contributed by atoms with Gasteiger partial charge in [-0.1, -0.05) is 6.92 Å². The number of anilines is 1. The Morgan fingerprint density at radius 2 is 2.10 bits per heavy atom. The molecule has 0 aliphatic carbocycles. The van der Waals surface area contributed by atoms with Crippen molar-refractivity contribution in [2.45, 2.75) is 20.3 Å². The number of halogens is 1. The molecule has 0 aliphatic rings. The second-order valence-electron chi connectivity index (χ2n) is 4.47. The number of hydrogen-bond donors (Lipinski definition) is 3. The lowest BCUT2D eigenvalue weighted by Crippen LogP contribution is -2.13. The molecule has 21 heavy (non-hydrogen) atoms. The lowest BCUT2D eigenvalue weighted by atomic mass is 10.1. The molecule has 0 radical (unpaired) electrons. The SMILES string of the molecule is CCc1c(C)nc(-c2cc(Br)c(O)c(OC)c2)nc1NN. The van der Waals surface area contributed by atoms with Gasteiger partial charge in [0.25, 0.3) is 0 Å². The quantitative estimate of drug-likeness (QED) is 0.578. The zero-order valence-electron chi connectivity index (χ0n) is 12.1. The number of aryl methyl sites for hydroxylation is 1. The number of phenols is 1. The van der Waals surface area contributed by atoms with Gasteiger partial charge in [-0.25, -0.2) is 15.8 Å². The fourth-order valence-electron chi connectivity index (χ4n) is 2.13. The molecule has 0 amide bonds. The van der Waals surface area contributed by atoms with Gasteiger partial charge in [0, 0.05) is 16.8 Å². The van der Waals surface area contributed by atoms with E-state index in [2.05, 4.69) is 31.3 Å². The molecule has 2 rings (SSSR count). The van der Waals surface area contributed by atoms with Crippen LogP contribution in [0.5, 0.6) is 11.5 Å². The average molecular weight is 353 g/mol. The predicted octanol–water partition coefficient (Wildman–Crippen LogP) is 2.78. The van der Waals surface area contributed by atoms with Gasteiger partial charge in [-0.15, -0.1) is 0 Å². The number of phenolic OH excluding ortho intramolecular Hbond substituents is 1. The molecule has 0 aliphatic heterocycles. The van der Waals surface area contributed by atoms with Crippen LogP contribution in [0.1, 0.15) is 18.2 Å². The molecular formula is C14H17BrN4O2. The highest BCUT2D eigenvalue weighted by atomic mass is 79.9. The van der Waals surface area contributed by atoms with Crippen molar-refractivity contribution in [3.05, 3.63) is 27.9 Å². The summed E-state index contributed by atoms with van der Waals surface area (Å²) in [5.41, 5.74) is 5.17. The average Bonchev–Trinajstić information content (AvgIpc) is 2.48. The summed E-state index contributed by atoms with van der Waals surface area (Å²) in [5.74, 6) is 7.04. The lowest BCUT2D eigenvalue weighted by Gasteiger charge is -2.13. The number of rotatable bonds is 4. The van der Waals surface area contributed by atoms with E-state index >= 15 is 0 Å². The smallest absolute Gasteiger partial charge is 0.172 e. The summed E-state index contributed by atoms with van der Waals surface area (Å²) in [7, 11) is 1.49. The van der Waals surface area contributed by atoms with Crippen molar-refractivity contribution >= 4 is 21.7 Å². The van der Waals surface area contributed by atoms with Gasteiger partial charge in [0.1, 0.15) is 5.82 Å². The summed E-state index contributed by atoms with van der Waals surface area (Å²) in [4.78, 5) is 8.94. The summed E-state index contributed by atoms with van der Waals surface area (Å²) in [6, 6.07) is 3.42. The molecule has 0 bridgehead atoms. The molecule has 7 heteroatoms. The maximum Gasteiger partial charge on any atom is 0.172 e.